The van der Waals surface area contributed by atoms with E-state index in [1.54, 1.807) is 0 Å². The van der Waals surface area contributed by atoms with Crippen molar-refractivity contribution in [1.82, 2.24) is 9.55 Å². The van der Waals surface area contributed by atoms with Crippen LogP contribution >= 0.6 is 0 Å². The number of aromatic nitrogens is 3. The highest BCUT2D eigenvalue weighted by Crippen LogP contribution is 2.39. The fraction of sp³-hybridized carbons (Fsp3) is 0.375. The molecule has 0 atom stereocenters. The van der Waals surface area contributed by atoms with Gasteiger partial charge < -0.3 is 4.42 Å². The third-order valence-electron chi connectivity index (χ3n) is 7.97. The van der Waals surface area contributed by atoms with Crippen molar-refractivity contribution >= 4 is 22.1 Å². The molecule has 1 aliphatic carbocycles. The molecule has 0 unspecified atom stereocenters. The molecule has 0 radical (unpaired) electrons. The fourth-order valence-electron chi connectivity index (χ4n) is 5.88. The first-order chi connectivity index (χ1) is 17.3. The highest BCUT2D eigenvalue weighted by Gasteiger charge is 2.31. The molecule has 6 rings (SSSR count). The number of nitrogens with zero attached hydrogens (tertiary/aromatic N) is 3. The Kier molecular flexibility index (Phi) is 5.51. The van der Waals surface area contributed by atoms with Gasteiger partial charge in [-0.1, -0.05) is 70.4 Å². The lowest BCUT2D eigenvalue weighted by Gasteiger charge is -2.18. The number of rotatable bonds is 3. The zero-order valence-electron chi connectivity index (χ0n) is 22.1. The first-order valence-corrected chi connectivity index (χ1v) is 13.3. The molecule has 5 aromatic rings. The van der Waals surface area contributed by atoms with Gasteiger partial charge in [0, 0.05) is 5.92 Å². The standard InChI is InChI=1S/C32H36N3O/c1-21-15-20-25-29(36-30(33-25)22-11-7-6-8-12-22)28(21)31-34(5)26-13-9-10-14-27(26)35(31)24-18-16-23(17-19-24)32(2,3)4/h9-10,13-20,22H,6-8,11-12H2,1-5H3/q+1. The lowest BCUT2D eigenvalue weighted by molar-refractivity contribution is -0.633. The number of oxazole rings is 1. The maximum Gasteiger partial charge on any atom is 0.299 e. The van der Waals surface area contributed by atoms with Crippen molar-refractivity contribution in [1.29, 1.82) is 0 Å². The van der Waals surface area contributed by atoms with Crippen molar-refractivity contribution in [2.24, 2.45) is 7.05 Å². The Morgan fingerprint density at radius 3 is 2.36 bits per heavy atom. The SMILES string of the molecule is Cc1ccc2nc(C3CCCCC3)oc2c1-c1n(-c2ccc(C(C)(C)C)cc2)c2ccccc2[n+]1C. The van der Waals surface area contributed by atoms with Gasteiger partial charge in [-0.25, -0.2) is 9.55 Å². The minimum Gasteiger partial charge on any atom is -0.439 e. The number of aryl methyl sites for hydroxylation is 2. The van der Waals surface area contributed by atoms with E-state index in [-0.39, 0.29) is 5.41 Å². The van der Waals surface area contributed by atoms with Gasteiger partial charge in [0.15, 0.2) is 22.5 Å². The second kappa shape index (κ2) is 8.62. The lowest BCUT2D eigenvalue weighted by atomic mass is 9.87. The molecule has 0 spiro atoms. The number of fused-ring (bicyclic) bond motifs is 2. The molecule has 184 valence electrons. The van der Waals surface area contributed by atoms with Crippen LogP contribution in [0.4, 0.5) is 0 Å². The molecule has 3 aromatic carbocycles. The summed E-state index contributed by atoms with van der Waals surface area (Å²) in [4.78, 5) is 5.00. The van der Waals surface area contributed by atoms with Gasteiger partial charge in [0.1, 0.15) is 16.8 Å². The maximum absolute atomic E-state index is 6.64. The van der Waals surface area contributed by atoms with Gasteiger partial charge in [-0.3, -0.25) is 0 Å². The van der Waals surface area contributed by atoms with E-state index in [4.69, 9.17) is 9.40 Å². The van der Waals surface area contributed by atoms with Crippen LogP contribution in [0.3, 0.4) is 0 Å². The van der Waals surface area contributed by atoms with Gasteiger partial charge in [-0.2, -0.15) is 4.57 Å². The summed E-state index contributed by atoms with van der Waals surface area (Å²) < 4.78 is 11.3. The van der Waals surface area contributed by atoms with E-state index in [0.717, 1.165) is 34.1 Å². The molecule has 1 fully saturated rings. The van der Waals surface area contributed by atoms with E-state index in [2.05, 4.69) is 105 Å². The topological polar surface area (TPSA) is 34.8 Å². The smallest absolute Gasteiger partial charge is 0.299 e. The summed E-state index contributed by atoms with van der Waals surface area (Å²) in [5.41, 5.74) is 9.15. The van der Waals surface area contributed by atoms with Gasteiger partial charge in [0.05, 0.1) is 7.05 Å². The van der Waals surface area contributed by atoms with Gasteiger partial charge in [-0.15, -0.1) is 0 Å². The van der Waals surface area contributed by atoms with Crippen LogP contribution in [-0.2, 0) is 12.5 Å². The Morgan fingerprint density at radius 2 is 1.64 bits per heavy atom. The predicted octanol–water partition coefficient (Wildman–Crippen LogP) is 7.92. The Labute approximate surface area is 213 Å². The second-order valence-electron chi connectivity index (χ2n) is 11.5. The molecule has 2 aromatic heterocycles. The third kappa shape index (κ3) is 3.75. The first-order valence-electron chi connectivity index (χ1n) is 13.3. The molecular weight excluding hydrogens is 442 g/mol. The lowest BCUT2D eigenvalue weighted by Crippen LogP contribution is -2.30. The molecule has 4 nitrogen and oxygen atoms in total. The Balaban J connectivity index is 1.61. The van der Waals surface area contributed by atoms with E-state index in [0.29, 0.717) is 5.92 Å². The van der Waals surface area contributed by atoms with Crippen LogP contribution in [0, 0.1) is 6.92 Å². The quantitative estimate of drug-likeness (QED) is 0.247. The molecule has 36 heavy (non-hydrogen) atoms. The average molecular weight is 479 g/mol. The summed E-state index contributed by atoms with van der Waals surface area (Å²) in [7, 11) is 2.16. The average Bonchev–Trinajstić information content (AvgIpc) is 3.44. The minimum absolute atomic E-state index is 0.113. The highest BCUT2D eigenvalue weighted by atomic mass is 16.3. The van der Waals surface area contributed by atoms with Crippen LogP contribution in [0.5, 0.6) is 0 Å². The Bertz CT molecular complexity index is 1560. The van der Waals surface area contributed by atoms with Crippen molar-refractivity contribution in [3.8, 4) is 17.1 Å². The van der Waals surface area contributed by atoms with E-state index in [1.807, 2.05) is 0 Å². The number of benzene rings is 3. The summed E-state index contributed by atoms with van der Waals surface area (Å²) in [5, 5.41) is 0. The molecular formula is C32H36N3O+. The monoisotopic (exact) mass is 478 g/mol. The molecule has 0 saturated heterocycles. The number of hydrogen-bond acceptors (Lipinski definition) is 2. The van der Waals surface area contributed by atoms with Crippen molar-refractivity contribution < 1.29 is 8.98 Å². The number of imidazole rings is 1. The summed E-state index contributed by atoms with van der Waals surface area (Å²) in [6.07, 6.45) is 6.21. The molecule has 0 aliphatic heterocycles. The van der Waals surface area contributed by atoms with Crippen molar-refractivity contribution in [3.05, 3.63) is 77.7 Å². The molecule has 0 amide bonds. The maximum atomic E-state index is 6.64. The van der Waals surface area contributed by atoms with Gasteiger partial charge in [0.2, 0.25) is 0 Å². The van der Waals surface area contributed by atoms with E-state index < -0.39 is 0 Å². The van der Waals surface area contributed by atoms with Crippen molar-refractivity contribution in [2.45, 2.75) is 71.1 Å². The van der Waals surface area contributed by atoms with E-state index in [1.165, 1.54) is 54.3 Å². The second-order valence-corrected chi connectivity index (χ2v) is 11.5. The van der Waals surface area contributed by atoms with Crippen molar-refractivity contribution in [3.63, 3.8) is 0 Å². The van der Waals surface area contributed by atoms with Crippen LogP contribution in [0.1, 0.15) is 75.8 Å². The summed E-state index contributed by atoms with van der Waals surface area (Å²) in [6, 6.07) is 22.0. The normalized spacial score (nSPS) is 15.2. The third-order valence-corrected chi connectivity index (χ3v) is 7.97. The van der Waals surface area contributed by atoms with Crippen LogP contribution in [0.15, 0.2) is 65.1 Å². The van der Waals surface area contributed by atoms with E-state index in [9.17, 15) is 0 Å². The Hall–Kier alpha value is -3.40. The molecule has 4 heteroatoms. The van der Waals surface area contributed by atoms with Gasteiger partial charge in [-0.05, 0) is 66.6 Å². The molecule has 2 heterocycles. The summed E-state index contributed by atoms with van der Waals surface area (Å²) >= 11 is 0. The van der Waals surface area contributed by atoms with Gasteiger partial charge in [0.25, 0.3) is 5.82 Å². The first kappa shape index (κ1) is 23.0. The van der Waals surface area contributed by atoms with E-state index >= 15 is 0 Å². The minimum atomic E-state index is 0.113. The largest absolute Gasteiger partial charge is 0.439 e. The zero-order chi connectivity index (χ0) is 25.0. The number of para-hydroxylation sites is 2. The highest BCUT2D eigenvalue weighted by molar-refractivity contribution is 5.92. The van der Waals surface area contributed by atoms with Crippen LogP contribution in [-0.4, -0.2) is 9.55 Å². The van der Waals surface area contributed by atoms with Gasteiger partial charge >= 0.3 is 0 Å². The number of hydrogen-bond donors (Lipinski definition) is 0. The predicted molar refractivity (Wildman–Crippen MR) is 147 cm³/mol. The zero-order valence-corrected chi connectivity index (χ0v) is 22.1. The van der Waals surface area contributed by atoms with Crippen LogP contribution < -0.4 is 4.57 Å². The van der Waals surface area contributed by atoms with Crippen LogP contribution in [0.2, 0.25) is 0 Å². The van der Waals surface area contributed by atoms with Crippen LogP contribution in [0.25, 0.3) is 39.2 Å². The molecule has 1 aliphatic rings. The fourth-order valence-corrected chi connectivity index (χ4v) is 5.88. The summed E-state index contributed by atoms with van der Waals surface area (Å²) in [6.45, 7) is 8.96. The molecule has 1 saturated carbocycles. The summed E-state index contributed by atoms with van der Waals surface area (Å²) in [5.74, 6) is 2.47. The Morgan fingerprint density at radius 1 is 0.917 bits per heavy atom. The molecule has 0 bridgehead atoms. The van der Waals surface area contributed by atoms with Crippen molar-refractivity contribution in [2.75, 3.05) is 0 Å². The molecule has 0 N–H and O–H groups in total.